The van der Waals surface area contributed by atoms with Crippen molar-refractivity contribution in [1.82, 2.24) is 0 Å². The highest BCUT2D eigenvalue weighted by atomic mass is 16.6. The molecule has 0 aromatic rings. The quantitative estimate of drug-likeness (QED) is 0.708. The smallest absolute Gasteiger partial charge is 0.312 e. The maximum absolute atomic E-state index is 13.1. The molecule has 0 amide bonds. The maximum atomic E-state index is 13.1. The van der Waals surface area contributed by atoms with Crippen LogP contribution in [0.15, 0.2) is 0 Å². The standard InChI is InChI=1S/C21H34O4/c1-6-20(4,17(22)23)12-19(2,3)18(24)25-21(5)15-8-13-7-14(10-15)11-16(21)9-13/h13-16H,6-12H2,1-5H3,(H,22,23). The fourth-order valence-corrected chi connectivity index (χ4v) is 6.02. The van der Waals surface area contributed by atoms with Gasteiger partial charge in [0.1, 0.15) is 5.60 Å². The largest absolute Gasteiger partial charge is 0.481 e. The first-order valence-electron chi connectivity index (χ1n) is 9.97. The van der Waals surface area contributed by atoms with Crippen molar-refractivity contribution in [2.45, 2.75) is 85.2 Å². The topological polar surface area (TPSA) is 63.6 Å². The number of hydrogen-bond acceptors (Lipinski definition) is 3. The number of carboxylic acid groups (broad SMARTS) is 1. The van der Waals surface area contributed by atoms with E-state index >= 15 is 0 Å². The van der Waals surface area contributed by atoms with E-state index in [2.05, 4.69) is 6.92 Å². The SMILES string of the molecule is CCC(C)(CC(C)(C)C(=O)OC1(C)C2CC3CC(C2)CC1C3)C(=O)O. The van der Waals surface area contributed by atoms with Crippen molar-refractivity contribution in [3.05, 3.63) is 0 Å². The molecular formula is C21H34O4. The molecule has 4 saturated carbocycles. The average Bonchev–Trinajstić information content (AvgIpc) is 2.51. The fraction of sp³-hybridized carbons (Fsp3) is 0.905. The maximum Gasteiger partial charge on any atom is 0.312 e. The highest BCUT2D eigenvalue weighted by molar-refractivity contribution is 5.79. The molecule has 0 radical (unpaired) electrons. The van der Waals surface area contributed by atoms with Crippen molar-refractivity contribution >= 4 is 11.9 Å². The molecule has 0 aromatic carbocycles. The molecule has 142 valence electrons. The number of carbonyl (C=O) groups is 2. The van der Waals surface area contributed by atoms with Crippen LogP contribution >= 0.6 is 0 Å². The van der Waals surface area contributed by atoms with Crippen molar-refractivity contribution in [2.75, 3.05) is 0 Å². The van der Waals surface area contributed by atoms with Crippen LogP contribution < -0.4 is 0 Å². The van der Waals surface area contributed by atoms with Gasteiger partial charge in [0, 0.05) is 0 Å². The molecule has 1 unspecified atom stereocenters. The minimum absolute atomic E-state index is 0.219. The molecule has 4 heteroatoms. The minimum atomic E-state index is -0.895. The number of hydrogen-bond donors (Lipinski definition) is 1. The molecule has 0 saturated heterocycles. The van der Waals surface area contributed by atoms with Crippen LogP contribution in [0.3, 0.4) is 0 Å². The van der Waals surface area contributed by atoms with E-state index < -0.39 is 16.8 Å². The predicted octanol–water partition coefficient (Wildman–Crippen LogP) is 4.66. The molecule has 1 N–H and O–H groups in total. The summed E-state index contributed by atoms with van der Waals surface area (Å²) in [5, 5.41) is 9.56. The van der Waals surface area contributed by atoms with Crippen molar-refractivity contribution in [2.24, 2.45) is 34.5 Å². The molecule has 4 rings (SSSR count). The number of esters is 1. The lowest BCUT2D eigenvalue weighted by Crippen LogP contribution is -2.59. The number of ether oxygens (including phenoxy) is 1. The van der Waals surface area contributed by atoms with E-state index in [4.69, 9.17) is 4.74 Å². The zero-order valence-corrected chi connectivity index (χ0v) is 16.4. The van der Waals surface area contributed by atoms with Crippen LogP contribution in [-0.2, 0) is 14.3 Å². The van der Waals surface area contributed by atoms with Gasteiger partial charge >= 0.3 is 11.9 Å². The molecule has 4 bridgehead atoms. The van der Waals surface area contributed by atoms with Gasteiger partial charge in [-0.15, -0.1) is 0 Å². The van der Waals surface area contributed by atoms with Gasteiger partial charge in [0.05, 0.1) is 10.8 Å². The highest BCUT2D eigenvalue weighted by Crippen LogP contribution is 2.59. The highest BCUT2D eigenvalue weighted by Gasteiger charge is 2.58. The van der Waals surface area contributed by atoms with Crippen molar-refractivity contribution in [1.29, 1.82) is 0 Å². The summed E-state index contributed by atoms with van der Waals surface area (Å²) < 4.78 is 6.22. The Morgan fingerprint density at radius 3 is 1.92 bits per heavy atom. The number of rotatable bonds is 6. The first-order valence-corrected chi connectivity index (χ1v) is 9.97. The number of carbonyl (C=O) groups excluding carboxylic acids is 1. The van der Waals surface area contributed by atoms with E-state index in [9.17, 15) is 14.7 Å². The molecule has 4 nitrogen and oxygen atoms in total. The Kier molecular flexibility index (Phi) is 4.49. The first kappa shape index (κ1) is 18.7. The lowest BCUT2D eigenvalue weighted by atomic mass is 9.50. The summed E-state index contributed by atoms with van der Waals surface area (Å²) in [5.74, 6) is 1.58. The van der Waals surface area contributed by atoms with Gasteiger partial charge in [-0.1, -0.05) is 6.92 Å². The van der Waals surface area contributed by atoms with Gasteiger partial charge in [0.15, 0.2) is 0 Å². The lowest BCUT2D eigenvalue weighted by Gasteiger charge is -2.59. The van der Waals surface area contributed by atoms with Crippen molar-refractivity contribution < 1.29 is 19.4 Å². The number of aliphatic carboxylic acids is 1. The van der Waals surface area contributed by atoms with E-state index in [1.54, 1.807) is 6.92 Å². The Bertz CT molecular complexity index is 536. The molecule has 4 aliphatic carbocycles. The summed E-state index contributed by atoms with van der Waals surface area (Å²) >= 11 is 0. The molecule has 1 atom stereocenters. The van der Waals surface area contributed by atoms with Crippen LogP contribution in [-0.4, -0.2) is 22.6 Å². The summed E-state index contributed by atoms with van der Waals surface area (Å²) in [7, 11) is 0. The Labute approximate surface area is 151 Å². The zero-order chi connectivity index (χ0) is 18.6. The Hall–Kier alpha value is -1.06. The third kappa shape index (κ3) is 3.10. The molecule has 25 heavy (non-hydrogen) atoms. The van der Waals surface area contributed by atoms with Gasteiger partial charge in [0.25, 0.3) is 0 Å². The first-order chi connectivity index (χ1) is 11.5. The summed E-state index contributed by atoms with van der Waals surface area (Å²) in [4.78, 5) is 24.7. The second-order valence-electron chi connectivity index (χ2n) is 10.2. The van der Waals surface area contributed by atoms with Crippen LogP contribution in [0.25, 0.3) is 0 Å². The van der Waals surface area contributed by atoms with E-state index in [1.165, 1.54) is 32.1 Å². The van der Waals surface area contributed by atoms with Gasteiger partial charge in [-0.3, -0.25) is 9.59 Å². The van der Waals surface area contributed by atoms with Gasteiger partial charge in [0.2, 0.25) is 0 Å². The zero-order valence-electron chi connectivity index (χ0n) is 16.4. The number of carboxylic acids is 1. The summed E-state index contributed by atoms with van der Waals surface area (Å²) in [5.41, 5.74) is -2.04. The van der Waals surface area contributed by atoms with Gasteiger partial charge in [-0.25, -0.2) is 0 Å². The summed E-state index contributed by atoms with van der Waals surface area (Å²) in [6.45, 7) is 9.42. The molecule has 0 aliphatic heterocycles. The minimum Gasteiger partial charge on any atom is -0.481 e. The third-order valence-corrected chi connectivity index (χ3v) is 7.75. The molecular weight excluding hydrogens is 316 g/mol. The monoisotopic (exact) mass is 350 g/mol. The molecule has 0 spiro atoms. The van der Waals surface area contributed by atoms with Gasteiger partial charge in [-0.2, -0.15) is 0 Å². The Morgan fingerprint density at radius 2 is 1.52 bits per heavy atom. The van der Waals surface area contributed by atoms with Crippen LogP contribution in [0.4, 0.5) is 0 Å². The van der Waals surface area contributed by atoms with Crippen LogP contribution in [0, 0.1) is 34.5 Å². The van der Waals surface area contributed by atoms with E-state index in [0.29, 0.717) is 24.7 Å². The normalized spacial score (nSPS) is 39.1. The van der Waals surface area contributed by atoms with Crippen LogP contribution in [0.1, 0.15) is 79.6 Å². The van der Waals surface area contributed by atoms with E-state index in [1.807, 2.05) is 20.8 Å². The van der Waals surface area contributed by atoms with Gasteiger partial charge in [-0.05, 0) is 96.3 Å². The lowest BCUT2D eigenvalue weighted by molar-refractivity contribution is -0.212. The van der Waals surface area contributed by atoms with Crippen LogP contribution in [0.2, 0.25) is 0 Å². The third-order valence-electron chi connectivity index (χ3n) is 7.75. The van der Waals surface area contributed by atoms with Crippen LogP contribution in [0.5, 0.6) is 0 Å². The fourth-order valence-electron chi connectivity index (χ4n) is 6.02. The summed E-state index contributed by atoms with van der Waals surface area (Å²) in [6.07, 6.45) is 6.96. The predicted molar refractivity (Wildman–Crippen MR) is 96.0 cm³/mol. The second kappa shape index (κ2) is 5.99. The van der Waals surface area contributed by atoms with Gasteiger partial charge < -0.3 is 9.84 Å². The van der Waals surface area contributed by atoms with Crippen molar-refractivity contribution in [3.63, 3.8) is 0 Å². The average molecular weight is 350 g/mol. The Morgan fingerprint density at radius 1 is 1.04 bits per heavy atom. The molecule has 4 aliphatic rings. The van der Waals surface area contributed by atoms with E-state index in [0.717, 1.165) is 11.8 Å². The summed E-state index contributed by atoms with van der Waals surface area (Å²) in [6, 6.07) is 0. The molecule has 4 fully saturated rings. The second-order valence-corrected chi connectivity index (χ2v) is 10.2. The van der Waals surface area contributed by atoms with E-state index in [-0.39, 0.29) is 11.6 Å². The molecule has 0 heterocycles. The molecule has 0 aromatic heterocycles. The Balaban J connectivity index is 1.74. The van der Waals surface area contributed by atoms with Crippen molar-refractivity contribution in [3.8, 4) is 0 Å².